The van der Waals surface area contributed by atoms with Gasteiger partial charge in [-0.1, -0.05) is 30.3 Å². The minimum absolute atomic E-state index is 0.00408. The zero-order chi connectivity index (χ0) is 18.4. The molecule has 0 aliphatic carbocycles. The van der Waals surface area contributed by atoms with Crippen LogP contribution in [0.4, 0.5) is 4.79 Å². The first-order valence-corrected chi connectivity index (χ1v) is 9.32. The van der Waals surface area contributed by atoms with E-state index >= 15 is 0 Å². The molecule has 26 heavy (non-hydrogen) atoms. The largest absolute Gasteiger partial charge is 0.445 e. The van der Waals surface area contributed by atoms with Gasteiger partial charge in [0.2, 0.25) is 5.91 Å². The van der Waals surface area contributed by atoms with Gasteiger partial charge >= 0.3 is 6.09 Å². The number of piperidine rings is 1. The number of amides is 2. The Balaban J connectivity index is 1.39. The fraction of sp³-hybridized carbons (Fsp3) is 0.579. The normalized spacial score (nSPS) is 25.7. The average Bonchev–Trinajstić information content (AvgIpc) is 3.15. The number of carbonyl (C=O) groups excluding carboxylic acids is 2. The zero-order valence-electron chi connectivity index (χ0n) is 15.2. The van der Waals surface area contributed by atoms with Gasteiger partial charge in [0.15, 0.2) is 0 Å². The van der Waals surface area contributed by atoms with E-state index < -0.39 is 0 Å². The van der Waals surface area contributed by atoms with E-state index in [0.717, 1.165) is 31.4 Å². The van der Waals surface area contributed by atoms with Crippen molar-refractivity contribution >= 4 is 12.0 Å². The fourth-order valence-electron chi connectivity index (χ4n) is 3.48. The van der Waals surface area contributed by atoms with Crippen LogP contribution in [0.15, 0.2) is 30.3 Å². The summed E-state index contributed by atoms with van der Waals surface area (Å²) in [6.07, 6.45) is 2.26. The van der Waals surface area contributed by atoms with Crippen LogP contribution < -0.4 is 16.0 Å². The third-order valence-corrected chi connectivity index (χ3v) is 5.14. The molecule has 0 spiro atoms. The number of ether oxygens (including phenoxy) is 1. The van der Waals surface area contributed by atoms with Gasteiger partial charge in [0, 0.05) is 31.7 Å². The summed E-state index contributed by atoms with van der Waals surface area (Å²) in [5, 5.41) is 9.58. The lowest BCUT2D eigenvalue weighted by molar-refractivity contribution is -0.124. The lowest BCUT2D eigenvalue weighted by Gasteiger charge is -2.29. The first-order chi connectivity index (χ1) is 12.7. The van der Waals surface area contributed by atoms with Crippen molar-refractivity contribution in [2.45, 2.75) is 44.0 Å². The average molecular weight is 360 g/mol. The summed E-state index contributed by atoms with van der Waals surface area (Å²) in [4.78, 5) is 26.3. The molecule has 2 heterocycles. The van der Waals surface area contributed by atoms with Gasteiger partial charge in [0.1, 0.15) is 6.61 Å². The summed E-state index contributed by atoms with van der Waals surface area (Å²) >= 11 is 0. The Morgan fingerprint density at radius 1 is 1.19 bits per heavy atom. The van der Waals surface area contributed by atoms with Crippen molar-refractivity contribution in [2.24, 2.45) is 0 Å². The van der Waals surface area contributed by atoms with Crippen LogP contribution in [0.3, 0.4) is 0 Å². The summed E-state index contributed by atoms with van der Waals surface area (Å²) in [6, 6.07) is 9.91. The van der Waals surface area contributed by atoms with Gasteiger partial charge in [0.25, 0.3) is 0 Å². The van der Waals surface area contributed by atoms with Crippen molar-refractivity contribution in [1.29, 1.82) is 0 Å². The van der Waals surface area contributed by atoms with Gasteiger partial charge in [-0.25, -0.2) is 4.79 Å². The van der Waals surface area contributed by atoms with Crippen LogP contribution in [0.25, 0.3) is 0 Å². The number of likely N-dealkylation sites (tertiary alicyclic amines) is 1. The Kier molecular flexibility index (Phi) is 6.46. The van der Waals surface area contributed by atoms with Crippen LogP contribution in [0.1, 0.15) is 24.8 Å². The molecule has 2 aliphatic rings. The minimum Gasteiger partial charge on any atom is -0.445 e. The highest BCUT2D eigenvalue weighted by molar-refractivity contribution is 5.82. The second-order valence-electron chi connectivity index (χ2n) is 7.00. The third-order valence-electron chi connectivity index (χ3n) is 5.14. The predicted octanol–water partition coefficient (Wildman–Crippen LogP) is 0.854. The van der Waals surface area contributed by atoms with E-state index in [1.807, 2.05) is 37.4 Å². The monoisotopic (exact) mass is 360 g/mol. The topological polar surface area (TPSA) is 82.7 Å². The number of carbonyl (C=O) groups is 2. The van der Waals surface area contributed by atoms with Crippen molar-refractivity contribution < 1.29 is 14.3 Å². The van der Waals surface area contributed by atoms with E-state index in [1.54, 1.807) is 4.90 Å². The molecule has 2 saturated heterocycles. The molecule has 0 bridgehead atoms. The predicted molar refractivity (Wildman–Crippen MR) is 98.6 cm³/mol. The van der Waals surface area contributed by atoms with E-state index in [9.17, 15) is 9.59 Å². The van der Waals surface area contributed by atoms with Crippen LogP contribution in [0.5, 0.6) is 0 Å². The molecule has 3 N–H and O–H groups in total. The van der Waals surface area contributed by atoms with Gasteiger partial charge in [0.05, 0.1) is 6.04 Å². The number of nitrogens with one attached hydrogen (secondary N) is 3. The highest BCUT2D eigenvalue weighted by Gasteiger charge is 2.31. The van der Waals surface area contributed by atoms with E-state index in [2.05, 4.69) is 16.0 Å². The molecule has 3 atom stereocenters. The standard InChI is InChI=1S/C19H28N4O3/c1-20-15-7-8-17(21-11-15)18(24)22-16-9-10-23(12-16)19(25)26-13-14-5-3-2-4-6-14/h2-6,15-17,20-21H,7-13H2,1H3,(H,22,24)/t15-,16+,17?/m1/s1. The van der Waals surface area contributed by atoms with Crippen LogP contribution in [-0.2, 0) is 16.1 Å². The molecule has 2 aliphatic heterocycles. The molecule has 2 fully saturated rings. The van der Waals surface area contributed by atoms with E-state index in [-0.39, 0.29) is 30.7 Å². The number of hydrogen-bond donors (Lipinski definition) is 3. The van der Waals surface area contributed by atoms with Gasteiger partial charge in [-0.05, 0) is 31.9 Å². The third kappa shape index (κ3) is 4.95. The summed E-state index contributed by atoms with van der Waals surface area (Å²) in [6.45, 7) is 2.19. The highest BCUT2D eigenvalue weighted by Crippen LogP contribution is 2.14. The Labute approximate surface area is 154 Å². The molecular weight excluding hydrogens is 332 g/mol. The first-order valence-electron chi connectivity index (χ1n) is 9.32. The molecule has 2 amide bonds. The minimum atomic E-state index is -0.321. The van der Waals surface area contributed by atoms with Crippen molar-refractivity contribution in [3.8, 4) is 0 Å². The molecular formula is C19H28N4O3. The Bertz CT molecular complexity index is 602. The van der Waals surface area contributed by atoms with Crippen LogP contribution in [0.2, 0.25) is 0 Å². The van der Waals surface area contributed by atoms with Gasteiger partial charge in [-0.3, -0.25) is 4.79 Å². The summed E-state index contributed by atoms with van der Waals surface area (Å²) in [7, 11) is 1.94. The Hall–Kier alpha value is -2.12. The number of benzene rings is 1. The number of nitrogens with zero attached hydrogens (tertiary/aromatic N) is 1. The first kappa shape index (κ1) is 18.7. The van der Waals surface area contributed by atoms with Crippen molar-refractivity contribution in [3.05, 3.63) is 35.9 Å². The lowest BCUT2D eigenvalue weighted by Crippen LogP contribution is -2.54. The molecule has 7 heteroatoms. The highest BCUT2D eigenvalue weighted by atomic mass is 16.6. The molecule has 0 radical (unpaired) electrons. The van der Waals surface area contributed by atoms with Gasteiger partial charge in [-0.2, -0.15) is 0 Å². The maximum Gasteiger partial charge on any atom is 0.410 e. The Morgan fingerprint density at radius 2 is 2.00 bits per heavy atom. The van der Waals surface area contributed by atoms with E-state index in [4.69, 9.17) is 4.74 Å². The smallest absolute Gasteiger partial charge is 0.410 e. The fourth-order valence-corrected chi connectivity index (χ4v) is 3.48. The van der Waals surface area contributed by atoms with E-state index in [0.29, 0.717) is 19.1 Å². The van der Waals surface area contributed by atoms with Gasteiger partial charge < -0.3 is 25.6 Å². The van der Waals surface area contributed by atoms with E-state index in [1.165, 1.54) is 0 Å². The van der Waals surface area contributed by atoms with Crippen LogP contribution in [0, 0.1) is 0 Å². The second-order valence-corrected chi connectivity index (χ2v) is 7.00. The number of likely N-dealkylation sites (N-methyl/N-ethyl adjacent to an activating group) is 1. The van der Waals surface area contributed by atoms with Crippen LogP contribution >= 0.6 is 0 Å². The Morgan fingerprint density at radius 3 is 2.69 bits per heavy atom. The molecule has 1 unspecified atom stereocenters. The zero-order valence-corrected chi connectivity index (χ0v) is 15.2. The molecule has 3 rings (SSSR count). The molecule has 1 aromatic carbocycles. The van der Waals surface area contributed by atoms with Crippen molar-refractivity contribution in [1.82, 2.24) is 20.9 Å². The second kappa shape index (κ2) is 9.00. The number of hydrogen-bond acceptors (Lipinski definition) is 5. The molecule has 1 aromatic rings. The van der Waals surface area contributed by atoms with Crippen LogP contribution in [-0.4, -0.2) is 61.7 Å². The quantitative estimate of drug-likeness (QED) is 0.725. The molecule has 142 valence electrons. The maximum atomic E-state index is 12.4. The number of rotatable bonds is 5. The molecule has 7 nitrogen and oxygen atoms in total. The van der Waals surface area contributed by atoms with Gasteiger partial charge in [-0.15, -0.1) is 0 Å². The molecule has 0 saturated carbocycles. The SMILES string of the molecule is CN[C@@H]1CCC(C(=O)N[C@H]2CCN(C(=O)OCc3ccccc3)C2)NC1. The summed E-state index contributed by atoms with van der Waals surface area (Å²) in [5.74, 6) is 0.0315. The maximum absolute atomic E-state index is 12.4. The van der Waals surface area contributed by atoms with Crippen molar-refractivity contribution in [3.63, 3.8) is 0 Å². The summed E-state index contributed by atoms with van der Waals surface area (Å²) < 4.78 is 5.36. The summed E-state index contributed by atoms with van der Waals surface area (Å²) in [5.41, 5.74) is 0.966. The molecule has 0 aromatic heterocycles. The van der Waals surface area contributed by atoms with Crippen molar-refractivity contribution in [2.75, 3.05) is 26.7 Å². The lowest BCUT2D eigenvalue weighted by atomic mass is 10.00.